The zero-order chi connectivity index (χ0) is 21.7. The molecule has 0 aliphatic rings. The highest BCUT2D eigenvalue weighted by Gasteiger charge is 2.23. The van der Waals surface area contributed by atoms with Gasteiger partial charge in [0.05, 0.1) is 12.0 Å². The minimum absolute atomic E-state index is 0.0159. The van der Waals surface area contributed by atoms with Crippen molar-refractivity contribution >= 4 is 16.0 Å². The highest BCUT2D eigenvalue weighted by molar-refractivity contribution is 7.89. The van der Waals surface area contributed by atoms with Crippen LogP contribution in [-0.2, 0) is 26.2 Å². The Labute approximate surface area is 174 Å². The van der Waals surface area contributed by atoms with E-state index in [1.807, 2.05) is 31.2 Å². The summed E-state index contributed by atoms with van der Waals surface area (Å²) in [6, 6.07) is 12.4. The summed E-state index contributed by atoms with van der Waals surface area (Å²) in [6.07, 6.45) is 1.40. The summed E-state index contributed by atoms with van der Waals surface area (Å²) < 4.78 is 42.7. The lowest BCUT2D eigenvalue weighted by atomic mass is 10.1. The van der Waals surface area contributed by atoms with Crippen LogP contribution in [-0.4, -0.2) is 32.5 Å². The maximum Gasteiger partial charge on any atom is 0.324 e. The number of benzene rings is 2. The van der Waals surface area contributed by atoms with E-state index in [9.17, 15) is 13.2 Å². The van der Waals surface area contributed by atoms with E-state index in [0.717, 1.165) is 11.1 Å². The third-order valence-electron chi connectivity index (χ3n) is 4.27. The molecule has 1 N–H and O–H groups in total. The molecule has 3 rings (SSSR count). The number of ether oxygens (including phenoxy) is 2. The van der Waals surface area contributed by atoms with Crippen LogP contribution in [0.5, 0.6) is 5.75 Å². The Balaban J connectivity index is 1.57. The van der Waals surface area contributed by atoms with Gasteiger partial charge in [-0.1, -0.05) is 17.7 Å². The molecule has 0 aliphatic heterocycles. The molecule has 30 heavy (non-hydrogen) atoms. The molecule has 0 bridgehead atoms. The molecule has 1 heterocycles. The van der Waals surface area contributed by atoms with Crippen LogP contribution in [0.3, 0.4) is 0 Å². The summed E-state index contributed by atoms with van der Waals surface area (Å²) in [5, 5.41) is 0. The topological polar surface area (TPSA) is 108 Å². The largest absolute Gasteiger partial charge is 0.497 e. The number of sulfonamides is 1. The number of nitrogens with one attached hydrogen (secondary N) is 1. The summed E-state index contributed by atoms with van der Waals surface area (Å²) >= 11 is 0. The van der Waals surface area contributed by atoms with E-state index < -0.39 is 22.0 Å². The number of aryl methyl sites for hydroxylation is 1. The molecule has 0 saturated carbocycles. The smallest absolute Gasteiger partial charge is 0.324 e. The minimum Gasteiger partial charge on any atom is -0.497 e. The first kappa shape index (κ1) is 21.5. The second-order valence-corrected chi connectivity index (χ2v) is 8.35. The molecular formula is C21H22N2O6S. The third kappa shape index (κ3) is 5.25. The molecule has 0 radical (unpaired) electrons. The lowest BCUT2D eigenvalue weighted by Crippen LogP contribution is -2.39. The maximum atomic E-state index is 12.4. The molecule has 0 saturated heterocycles. The van der Waals surface area contributed by atoms with Crippen molar-refractivity contribution in [2.45, 2.75) is 31.4 Å². The monoisotopic (exact) mass is 430 g/mol. The normalized spacial score (nSPS) is 12.4. The number of rotatable bonds is 8. The average molecular weight is 430 g/mol. The van der Waals surface area contributed by atoms with Crippen LogP contribution < -0.4 is 9.46 Å². The molecule has 0 fully saturated rings. The number of carbonyl (C=O) groups excluding carboxylic acids is 1. The van der Waals surface area contributed by atoms with E-state index in [1.54, 1.807) is 0 Å². The van der Waals surface area contributed by atoms with Gasteiger partial charge in [-0.05, 0) is 50.2 Å². The van der Waals surface area contributed by atoms with Gasteiger partial charge in [-0.3, -0.25) is 4.79 Å². The number of nitrogens with zero attached hydrogens (tertiary/aromatic N) is 1. The van der Waals surface area contributed by atoms with Gasteiger partial charge in [-0.15, -0.1) is 0 Å². The minimum atomic E-state index is -3.89. The second-order valence-electron chi connectivity index (χ2n) is 6.64. The van der Waals surface area contributed by atoms with Crippen molar-refractivity contribution in [2.75, 3.05) is 7.11 Å². The molecule has 8 nitrogen and oxygen atoms in total. The molecule has 0 aliphatic carbocycles. The van der Waals surface area contributed by atoms with Crippen molar-refractivity contribution in [3.8, 4) is 17.2 Å². The molecule has 2 aromatic carbocycles. The van der Waals surface area contributed by atoms with Gasteiger partial charge in [0.1, 0.15) is 30.4 Å². The van der Waals surface area contributed by atoms with Gasteiger partial charge in [0, 0.05) is 5.56 Å². The fraction of sp³-hybridized carbons (Fsp3) is 0.238. The Morgan fingerprint density at radius 2 is 1.80 bits per heavy atom. The standard InChI is InChI=1S/C21H22N2O6S/c1-14-4-6-16(7-5-14)20-22-17(12-28-20)13-29-21(24)15(2)23-30(25,26)19-10-8-18(27-3)9-11-19/h4-12,15,23H,13H2,1-3H3/t15-/m0/s1. The highest BCUT2D eigenvalue weighted by Crippen LogP contribution is 2.20. The Morgan fingerprint density at radius 3 is 2.43 bits per heavy atom. The first-order valence-electron chi connectivity index (χ1n) is 9.13. The van der Waals surface area contributed by atoms with Gasteiger partial charge in [-0.25, -0.2) is 13.4 Å². The van der Waals surface area contributed by atoms with Gasteiger partial charge in [0.2, 0.25) is 15.9 Å². The van der Waals surface area contributed by atoms with Crippen LogP contribution in [0.4, 0.5) is 0 Å². The summed E-state index contributed by atoms with van der Waals surface area (Å²) in [6.45, 7) is 3.25. The van der Waals surface area contributed by atoms with E-state index in [1.165, 1.54) is 44.6 Å². The second kappa shape index (κ2) is 9.10. The number of hydrogen-bond donors (Lipinski definition) is 1. The van der Waals surface area contributed by atoms with E-state index in [-0.39, 0.29) is 11.5 Å². The van der Waals surface area contributed by atoms with E-state index in [4.69, 9.17) is 13.9 Å². The van der Waals surface area contributed by atoms with Crippen molar-refractivity contribution in [1.29, 1.82) is 0 Å². The number of hydrogen-bond acceptors (Lipinski definition) is 7. The van der Waals surface area contributed by atoms with Gasteiger partial charge >= 0.3 is 5.97 Å². The van der Waals surface area contributed by atoms with Gasteiger partial charge in [0.15, 0.2) is 0 Å². The van der Waals surface area contributed by atoms with Crippen molar-refractivity contribution in [1.82, 2.24) is 9.71 Å². The molecule has 1 atom stereocenters. The number of oxazole rings is 1. The first-order valence-corrected chi connectivity index (χ1v) is 10.6. The Hall–Kier alpha value is -3.17. The van der Waals surface area contributed by atoms with E-state index >= 15 is 0 Å². The number of esters is 1. The summed E-state index contributed by atoms with van der Waals surface area (Å²) in [5.74, 6) is 0.209. The number of aromatic nitrogens is 1. The quantitative estimate of drug-likeness (QED) is 0.547. The first-order chi connectivity index (χ1) is 14.3. The van der Waals surface area contributed by atoms with Gasteiger partial charge < -0.3 is 13.9 Å². The third-order valence-corrected chi connectivity index (χ3v) is 5.82. The van der Waals surface area contributed by atoms with E-state index in [0.29, 0.717) is 17.3 Å². The van der Waals surface area contributed by atoms with E-state index in [2.05, 4.69) is 9.71 Å². The molecule has 158 valence electrons. The Morgan fingerprint density at radius 1 is 1.13 bits per heavy atom. The summed E-state index contributed by atoms with van der Waals surface area (Å²) in [4.78, 5) is 16.5. The van der Waals surface area contributed by atoms with Gasteiger partial charge in [0.25, 0.3) is 0 Å². The average Bonchev–Trinajstić information content (AvgIpc) is 3.21. The molecule has 3 aromatic rings. The predicted octanol–water partition coefficient (Wildman–Crippen LogP) is 3.07. The SMILES string of the molecule is COc1ccc(S(=O)(=O)N[C@@H](C)C(=O)OCc2coc(-c3ccc(C)cc3)n2)cc1. The van der Waals surface area contributed by atoms with Gasteiger partial charge in [-0.2, -0.15) is 4.72 Å². The summed E-state index contributed by atoms with van der Waals surface area (Å²) in [7, 11) is -2.40. The highest BCUT2D eigenvalue weighted by atomic mass is 32.2. The van der Waals surface area contributed by atoms with Crippen molar-refractivity contribution in [3.63, 3.8) is 0 Å². The van der Waals surface area contributed by atoms with Crippen LogP contribution in [0.15, 0.2) is 64.1 Å². The van der Waals surface area contributed by atoms with Crippen LogP contribution in [0.2, 0.25) is 0 Å². The fourth-order valence-electron chi connectivity index (χ4n) is 2.58. The summed E-state index contributed by atoms with van der Waals surface area (Å²) in [5.41, 5.74) is 2.34. The molecule has 0 spiro atoms. The number of carbonyl (C=O) groups is 1. The molecule has 0 unspecified atom stereocenters. The lowest BCUT2D eigenvalue weighted by molar-refractivity contribution is -0.146. The maximum absolute atomic E-state index is 12.4. The molecule has 0 amide bonds. The van der Waals surface area contributed by atoms with Crippen molar-refractivity contribution < 1.29 is 27.1 Å². The van der Waals surface area contributed by atoms with Crippen molar-refractivity contribution in [2.24, 2.45) is 0 Å². The Kier molecular flexibility index (Phi) is 6.53. The van der Waals surface area contributed by atoms with Crippen LogP contribution in [0.25, 0.3) is 11.5 Å². The van der Waals surface area contributed by atoms with Crippen LogP contribution in [0, 0.1) is 6.92 Å². The van der Waals surface area contributed by atoms with Crippen LogP contribution >= 0.6 is 0 Å². The predicted molar refractivity (Wildman–Crippen MR) is 109 cm³/mol. The Bertz CT molecular complexity index is 1110. The zero-order valence-corrected chi connectivity index (χ0v) is 17.6. The fourth-order valence-corrected chi connectivity index (χ4v) is 3.77. The molecule has 1 aromatic heterocycles. The van der Waals surface area contributed by atoms with Crippen molar-refractivity contribution in [3.05, 3.63) is 66.1 Å². The molecule has 9 heteroatoms. The molecular weight excluding hydrogens is 408 g/mol. The van der Waals surface area contributed by atoms with Crippen LogP contribution in [0.1, 0.15) is 18.2 Å². The zero-order valence-electron chi connectivity index (χ0n) is 16.8. The lowest BCUT2D eigenvalue weighted by Gasteiger charge is -2.13. The number of methoxy groups -OCH3 is 1.